The molecular formula is C15H21N3O4. The summed E-state index contributed by atoms with van der Waals surface area (Å²) in [5.74, 6) is -0.207. The molecule has 0 heterocycles. The van der Waals surface area contributed by atoms with Crippen LogP contribution in [0.25, 0.3) is 0 Å². The minimum atomic E-state index is -0.463. The Balaban J connectivity index is 2.06. The summed E-state index contributed by atoms with van der Waals surface area (Å²) in [4.78, 5) is 22.0. The number of nitrogens with two attached hydrogens (primary N) is 1. The smallest absolute Gasteiger partial charge is 0.311 e. The molecule has 1 fully saturated rings. The van der Waals surface area contributed by atoms with Gasteiger partial charge in [-0.25, -0.2) is 0 Å². The quantitative estimate of drug-likeness (QED) is 0.615. The summed E-state index contributed by atoms with van der Waals surface area (Å²) in [6.45, 7) is 0.458. The second-order valence-electron chi connectivity index (χ2n) is 5.54. The van der Waals surface area contributed by atoms with Crippen LogP contribution in [0.4, 0.5) is 5.69 Å². The molecule has 0 aromatic heterocycles. The third kappa shape index (κ3) is 3.73. The SMILES string of the molecule is COc1ccc(CN[C@@H]2CCCC[C@H]2C(N)=O)cc1[N+](=O)[O-]. The number of amides is 1. The van der Waals surface area contributed by atoms with Crippen LogP contribution in [0.15, 0.2) is 18.2 Å². The highest BCUT2D eigenvalue weighted by molar-refractivity contribution is 5.77. The van der Waals surface area contributed by atoms with Crippen LogP contribution in [-0.4, -0.2) is 24.0 Å². The van der Waals surface area contributed by atoms with E-state index in [1.54, 1.807) is 12.1 Å². The third-order valence-electron chi connectivity index (χ3n) is 4.14. The molecule has 0 aliphatic heterocycles. The Labute approximate surface area is 129 Å². The number of hydrogen-bond acceptors (Lipinski definition) is 5. The Morgan fingerprint density at radius 2 is 2.18 bits per heavy atom. The lowest BCUT2D eigenvalue weighted by atomic mass is 9.84. The topological polar surface area (TPSA) is 107 Å². The predicted molar refractivity (Wildman–Crippen MR) is 81.4 cm³/mol. The Morgan fingerprint density at radius 3 is 2.82 bits per heavy atom. The van der Waals surface area contributed by atoms with Crippen molar-refractivity contribution in [1.29, 1.82) is 0 Å². The number of ether oxygens (including phenoxy) is 1. The molecule has 0 radical (unpaired) electrons. The van der Waals surface area contributed by atoms with E-state index in [-0.39, 0.29) is 29.3 Å². The lowest BCUT2D eigenvalue weighted by Gasteiger charge is -2.30. The first-order valence-corrected chi connectivity index (χ1v) is 7.37. The van der Waals surface area contributed by atoms with Crippen LogP contribution in [0.5, 0.6) is 5.75 Å². The number of nitro groups is 1. The monoisotopic (exact) mass is 307 g/mol. The fourth-order valence-electron chi connectivity index (χ4n) is 2.95. The highest BCUT2D eigenvalue weighted by Crippen LogP contribution is 2.28. The first-order valence-electron chi connectivity index (χ1n) is 7.37. The Hall–Kier alpha value is -2.15. The summed E-state index contributed by atoms with van der Waals surface area (Å²) < 4.78 is 4.98. The zero-order valence-corrected chi connectivity index (χ0v) is 12.6. The lowest BCUT2D eigenvalue weighted by molar-refractivity contribution is -0.385. The largest absolute Gasteiger partial charge is 0.490 e. The fraction of sp³-hybridized carbons (Fsp3) is 0.533. The Kier molecular flexibility index (Phi) is 5.32. The number of carbonyl (C=O) groups is 1. The average molecular weight is 307 g/mol. The van der Waals surface area contributed by atoms with Crippen molar-refractivity contribution < 1.29 is 14.5 Å². The number of primary amides is 1. The molecule has 2 rings (SSSR count). The van der Waals surface area contributed by atoms with E-state index in [0.717, 1.165) is 31.2 Å². The maximum atomic E-state index is 11.5. The molecule has 1 aliphatic carbocycles. The predicted octanol–water partition coefficient (Wildman–Crippen LogP) is 1.74. The van der Waals surface area contributed by atoms with Gasteiger partial charge in [0.1, 0.15) is 0 Å². The van der Waals surface area contributed by atoms with E-state index >= 15 is 0 Å². The summed E-state index contributed by atoms with van der Waals surface area (Å²) in [5, 5.41) is 14.3. The average Bonchev–Trinajstić information content (AvgIpc) is 2.52. The molecule has 1 aliphatic rings. The van der Waals surface area contributed by atoms with Gasteiger partial charge in [0.2, 0.25) is 5.91 Å². The summed E-state index contributed by atoms with van der Waals surface area (Å²) >= 11 is 0. The number of methoxy groups -OCH3 is 1. The maximum Gasteiger partial charge on any atom is 0.311 e. The molecule has 120 valence electrons. The zero-order chi connectivity index (χ0) is 16.1. The summed E-state index contributed by atoms with van der Waals surface area (Å²) in [5.41, 5.74) is 6.16. The number of nitrogens with one attached hydrogen (secondary N) is 1. The number of rotatable bonds is 6. The van der Waals surface area contributed by atoms with E-state index in [2.05, 4.69) is 5.32 Å². The van der Waals surface area contributed by atoms with Gasteiger partial charge in [-0.15, -0.1) is 0 Å². The fourth-order valence-corrected chi connectivity index (χ4v) is 2.95. The van der Waals surface area contributed by atoms with Crippen molar-refractivity contribution >= 4 is 11.6 Å². The van der Waals surface area contributed by atoms with Crippen LogP contribution >= 0.6 is 0 Å². The van der Waals surface area contributed by atoms with E-state index in [0.29, 0.717) is 6.54 Å². The standard InChI is InChI=1S/C15H21N3O4/c1-22-14-7-6-10(8-13(14)18(20)21)9-17-12-5-3-2-4-11(12)15(16)19/h6-8,11-12,17H,2-5,9H2,1H3,(H2,16,19)/t11-,12-/m1/s1. The van der Waals surface area contributed by atoms with E-state index in [1.165, 1.54) is 13.2 Å². The molecule has 7 heteroatoms. The number of hydrogen-bond donors (Lipinski definition) is 2. The normalized spacial score (nSPS) is 21.3. The molecule has 1 saturated carbocycles. The number of benzene rings is 1. The van der Waals surface area contributed by atoms with Crippen LogP contribution in [0.3, 0.4) is 0 Å². The van der Waals surface area contributed by atoms with Gasteiger partial charge in [-0.2, -0.15) is 0 Å². The van der Waals surface area contributed by atoms with Crippen molar-refractivity contribution in [2.24, 2.45) is 11.7 Å². The molecule has 0 bridgehead atoms. The van der Waals surface area contributed by atoms with E-state index < -0.39 is 4.92 Å². The van der Waals surface area contributed by atoms with Gasteiger partial charge in [0.15, 0.2) is 5.75 Å². The first-order chi connectivity index (χ1) is 10.5. The van der Waals surface area contributed by atoms with Crippen molar-refractivity contribution in [3.63, 3.8) is 0 Å². The lowest BCUT2D eigenvalue weighted by Crippen LogP contribution is -2.44. The van der Waals surface area contributed by atoms with Crippen molar-refractivity contribution in [1.82, 2.24) is 5.32 Å². The van der Waals surface area contributed by atoms with Gasteiger partial charge in [0.25, 0.3) is 0 Å². The molecule has 1 aromatic rings. The van der Waals surface area contributed by atoms with Crippen LogP contribution in [-0.2, 0) is 11.3 Å². The minimum absolute atomic E-state index is 0.0346. The van der Waals surface area contributed by atoms with Crippen molar-refractivity contribution in [2.45, 2.75) is 38.3 Å². The maximum absolute atomic E-state index is 11.5. The molecule has 0 spiro atoms. The second-order valence-corrected chi connectivity index (χ2v) is 5.54. The molecule has 7 nitrogen and oxygen atoms in total. The highest BCUT2D eigenvalue weighted by Gasteiger charge is 2.29. The van der Waals surface area contributed by atoms with Crippen molar-refractivity contribution in [3.8, 4) is 5.75 Å². The second kappa shape index (κ2) is 7.22. The molecule has 1 amide bonds. The van der Waals surface area contributed by atoms with Crippen LogP contribution < -0.4 is 15.8 Å². The number of nitro benzene ring substituents is 1. The molecular weight excluding hydrogens is 286 g/mol. The van der Waals surface area contributed by atoms with E-state index in [4.69, 9.17) is 10.5 Å². The van der Waals surface area contributed by atoms with E-state index in [1.807, 2.05) is 0 Å². The number of carbonyl (C=O) groups excluding carboxylic acids is 1. The number of nitrogens with zero attached hydrogens (tertiary/aromatic N) is 1. The summed E-state index contributed by atoms with van der Waals surface area (Å²) in [6, 6.07) is 4.89. The van der Waals surface area contributed by atoms with Crippen LogP contribution in [0.1, 0.15) is 31.2 Å². The molecule has 0 saturated heterocycles. The zero-order valence-electron chi connectivity index (χ0n) is 12.6. The molecule has 22 heavy (non-hydrogen) atoms. The third-order valence-corrected chi connectivity index (χ3v) is 4.14. The van der Waals surface area contributed by atoms with Gasteiger partial charge >= 0.3 is 5.69 Å². The molecule has 3 N–H and O–H groups in total. The van der Waals surface area contributed by atoms with Gasteiger partial charge in [0.05, 0.1) is 18.0 Å². The molecule has 0 unspecified atom stereocenters. The first kappa shape index (κ1) is 16.2. The van der Waals surface area contributed by atoms with Gasteiger partial charge < -0.3 is 15.8 Å². The Morgan fingerprint density at radius 1 is 1.45 bits per heavy atom. The van der Waals surface area contributed by atoms with Crippen LogP contribution in [0.2, 0.25) is 0 Å². The minimum Gasteiger partial charge on any atom is -0.490 e. The van der Waals surface area contributed by atoms with Gasteiger partial charge in [-0.3, -0.25) is 14.9 Å². The van der Waals surface area contributed by atoms with Crippen molar-refractivity contribution in [3.05, 3.63) is 33.9 Å². The molecule has 1 aromatic carbocycles. The Bertz CT molecular complexity index is 562. The highest BCUT2D eigenvalue weighted by atomic mass is 16.6. The van der Waals surface area contributed by atoms with Crippen molar-refractivity contribution in [2.75, 3.05) is 7.11 Å². The summed E-state index contributed by atoms with van der Waals surface area (Å²) in [6.07, 6.45) is 3.77. The molecule has 2 atom stereocenters. The van der Waals surface area contributed by atoms with Gasteiger partial charge in [0, 0.05) is 18.7 Å². The van der Waals surface area contributed by atoms with E-state index in [9.17, 15) is 14.9 Å². The van der Waals surface area contributed by atoms with Gasteiger partial charge in [-0.05, 0) is 24.5 Å². The van der Waals surface area contributed by atoms with Gasteiger partial charge in [-0.1, -0.05) is 18.9 Å². The summed E-state index contributed by atoms with van der Waals surface area (Å²) in [7, 11) is 1.40. The van der Waals surface area contributed by atoms with Crippen LogP contribution in [0, 0.1) is 16.0 Å².